The Hall–Kier alpha value is -2.49. The summed E-state index contributed by atoms with van der Waals surface area (Å²) in [4.78, 5) is 19.6. The minimum atomic E-state index is -0.332. The molecule has 0 spiro atoms. The van der Waals surface area contributed by atoms with Crippen molar-refractivity contribution in [2.24, 2.45) is 0 Å². The topological polar surface area (TPSA) is 52.1 Å². The molecule has 2 aromatic rings. The standard InChI is InChI=1S/C15H14N2O2/c1-11(14-10-16-7-8-17-14)9-12-3-5-13(6-4-12)15(18)19-2/h3-10H,1-2H3/b11-9+. The van der Waals surface area contributed by atoms with E-state index in [2.05, 4.69) is 14.7 Å². The monoisotopic (exact) mass is 254 g/mol. The first-order chi connectivity index (χ1) is 9.20. The fraction of sp³-hybridized carbons (Fsp3) is 0.133. The van der Waals surface area contributed by atoms with Gasteiger partial charge in [0, 0.05) is 12.4 Å². The molecule has 2 rings (SSSR count). The molecule has 1 heterocycles. The number of allylic oxidation sites excluding steroid dienone is 1. The van der Waals surface area contributed by atoms with Gasteiger partial charge in [-0.15, -0.1) is 0 Å². The second-order valence-electron chi connectivity index (χ2n) is 4.03. The van der Waals surface area contributed by atoms with Gasteiger partial charge < -0.3 is 4.74 Å². The molecular weight excluding hydrogens is 240 g/mol. The second kappa shape index (κ2) is 5.91. The van der Waals surface area contributed by atoms with Crippen LogP contribution in [0.15, 0.2) is 42.9 Å². The van der Waals surface area contributed by atoms with Gasteiger partial charge in [0.25, 0.3) is 0 Å². The number of nitrogens with zero attached hydrogens (tertiary/aromatic N) is 2. The van der Waals surface area contributed by atoms with Crippen LogP contribution in [0.25, 0.3) is 11.6 Å². The van der Waals surface area contributed by atoms with E-state index in [0.717, 1.165) is 16.8 Å². The van der Waals surface area contributed by atoms with E-state index < -0.39 is 0 Å². The first-order valence-electron chi connectivity index (χ1n) is 5.84. The lowest BCUT2D eigenvalue weighted by atomic mass is 10.1. The highest BCUT2D eigenvalue weighted by Gasteiger charge is 2.04. The average molecular weight is 254 g/mol. The van der Waals surface area contributed by atoms with Crippen molar-refractivity contribution in [1.82, 2.24) is 9.97 Å². The number of rotatable bonds is 3. The Labute approximate surface area is 111 Å². The van der Waals surface area contributed by atoms with Gasteiger partial charge in [-0.2, -0.15) is 0 Å². The zero-order chi connectivity index (χ0) is 13.7. The van der Waals surface area contributed by atoms with Gasteiger partial charge >= 0.3 is 5.97 Å². The number of methoxy groups -OCH3 is 1. The van der Waals surface area contributed by atoms with Crippen molar-refractivity contribution in [3.8, 4) is 0 Å². The lowest BCUT2D eigenvalue weighted by Crippen LogP contribution is -2.00. The third kappa shape index (κ3) is 3.25. The summed E-state index contributed by atoms with van der Waals surface area (Å²) in [7, 11) is 1.37. The molecule has 0 saturated carbocycles. The van der Waals surface area contributed by atoms with Crippen molar-refractivity contribution in [1.29, 1.82) is 0 Å². The van der Waals surface area contributed by atoms with Gasteiger partial charge in [-0.25, -0.2) is 4.79 Å². The predicted octanol–water partition coefficient (Wildman–Crippen LogP) is 2.82. The fourth-order valence-electron chi connectivity index (χ4n) is 1.66. The number of benzene rings is 1. The summed E-state index contributed by atoms with van der Waals surface area (Å²) in [6.07, 6.45) is 7.01. The first-order valence-corrected chi connectivity index (χ1v) is 5.84. The number of hydrogen-bond acceptors (Lipinski definition) is 4. The Bertz CT molecular complexity index is 589. The normalized spacial score (nSPS) is 11.2. The second-order valence-corrected chi connectivity index (χ2v) is 4.03. The van der Waals surface area contributed by atoms with E-state index in [1.165, 1.54) is 7.11 Å². The van der Waals surface area contributed by atoms with Gasteiger partial charge in [0.2, 0.25) is 0 Å². The summed E-state index contributed by atoms with van der Waals surface area (Å²) in [6, 6.07) is 7.21. The van der Waals surface area contributed by atoms with Crippen LogP contribution in [-0.2, 0) is 4.74 Å². The molecule has 0 amide bonds. The van der Waals surface area contributed by atoms with Crippen LogP contribution in [-0.4, -0.2) is 23.0 Å². The molecule has 0 atom stereocenters. The SMILES string of the molecule is COC(=O)c1ccc(/C=C(\C)c2cnccn2)cc1. The number of esters is 1. The maximum atomic E-state index is 11.3. The number of ether oxygens (including phenoxy) is 1. The van der Waals surface area contributed by atoms with Crippen molar-refractivity contribution in [2.75, 3.05) is 7.11 Å². The molecule has 96 valence electrons. The zero-order valence-electron chi connectivity index (χ0n) is 10.8. The molecule has 0 aliphatic rings. The molecule has 0 radical (unpaired) electrons. The van der Waals surface area contributed by atoms with Crippen LogP contribution in [0.3, 0.4) is 0 Å². The lowest BCUT2D eigenvalue weighted by Gasteiger charge is -2.02. The van der Waals surface area contributed by atoms with E-state index in [4.69, 9.17) is 0 Å². The molecule has 0 fully saturated rings. The van der Waals surface area contributed by atoms with Crippen molar-refractivity contribution in [3.05, 3.63) is 59.7 Å². The summed E-state index contributed by atoms with van der Waals surface area (Å²) < 4.78 is 4.65. The van der Waals surface area contributed by atoms with Gasteiger partial charge in [-0.3, -0.25) is 9.97 Å². The van der Waals surface area contributed by atoms with Gasteiger partial charge in [0.15, 0.2) is 0 Å². The third-order valence-corrected chi connectivity index (χ3v) is 2.68. The highest BCUT2D eigenvalue weighted by atomic mass is 16.5. The van der Waals surface area contributed by atoms with Crippen LogP contribution in [0.4, 0.5) is 0 Å². The van der Waals surface area contributed by atoms with E-state index in [1.54, 1.807) is 30.7 Å². The Morgan fingerprint density at radius 3 is 2.53 bits per heavy atom. The summed E-state index contributed by atoms with van der Waals surface area (Å²) in [5.74, 6) is -0.332. The summed E-state index contributed by atoms with van der Waals surface area (Å²) in [6.45, 7) is 1.97. The first kappa shape index (κ1) is 13.0. The van der Waals surface area contributed by atoms with Crippen LogP contribution < -0.4 is 0 Å². The molecular formula is C15H14N2O2. The van der Waals surface area contributed by atoms with Crippen LogP contribution in [0, 0.1) is 0 Å². The Morgan fingerprint density at radius 2 is 1.95 bits per heavy atom. The molecule has 4 heteroatoms. The maximum Gasteiger partial charge on any atom is 0.337 e. The Kier molecular flexibility index (Phi) is 4.03. The fourth-order valence-corrected chi connectivity index (χ4v) is 1.66. The zero-order valence-corrected chi connectivity index (χ0v) is 10.8. The largest absolute Gasteiger partial charge is 0.465 e. The van der Waals surface area contributed by atoms with E-state index in [1.807, 2.05) is 25.1 Å². The molecule has 0 unspecified atom stereocenters. The number of carbonyl (C=O) groups is 1. The smallest absolute Gasteiger partial charge is 0.337 e. The van der Waals surface area contributed by atoms with E-state index in [-0.39, 0.29) is 5.97 Å². The van der Waals surface area contributed by atoms with Gasteiger partial charge in [0.1, 0.15) is 0 Å². The number of aromatic nitrogens is 2. The minimum absolute atomic E-state index is 0.332. The van der Waals surface area contributed by atoms with E-state index in [0.29, 0.717) is 5.56 Å². The highest BCUT2D eigenvalue weighted by molar-refractivity contribution is 5.89. The predicted molar refractivity (Wildman–Crippen MR) is 73.4 cm³/mol. The minimum Gasteiger partial charge on any atom is -0.465 e. The van der Waals surface area contributed by atoms with Crippen molar-refractivity contribution in [3.63, 3.8) is 0 Å². The van der Waals surface area contributed by atoms with Crippen molar-refractivity contribution >= 4 is 17.6 Å². The average Bonchev–Trinajstić information content (AvgIpc) is 2.48. The molecule has 19 heavy (non-hydrogen) atoms. The Morgan fingerprint density at radius 1 is 1.21 bits per heavy atom. The Balaban J connectivity index is 2.22. The van der Waals surface area contributed by atoms with Crippen molar-refractivity contribution in [2.45, 2.75) is 6.92 Å². The van der Waals surface area contributed by atoms with Gasteiger partial charge in [0.05, 0.1) is 24.6 Å². The van der Waals surface area contributed by atoms with E-state index >= 15 is 0 Å². The highest BCUT2D eigenvalue weighted by Crippen LogP contribution is 2.15. The van der Waals surface area contributed by atoms with Crippen LogP contribution in [0.1, 0.15) is 28.5 Å². The molecule has 0 N–H and O–H groups in total. The lowest BCUT2D eigenvalue weighted by molar-refractivity contribution is 0.0601. The van der Waals surface area contributed by atoms with Crippen LogP contribution in [0.2, 0.25) is 0 Å². The quantitative estimate of drug-likeness (QED) is 0.790. The van der Waals surface area contributed by atoms with Gasteiger partial charge in [-0.1, -0.05) is 12.1 Å². The molecule has 0 saturated heterocycles. The van der Waals surface area contributed by atoms with E-state index in [9.17, 15) is 4.79 Å². The van der Waals surface area contributed by atoms with Crippen LogP contribution >= 0.6 is 0 Å². The number of carbonyl (C=O) groups excluding carboxylic acids is 1. The number of hydrogen-bond donors (Lipinski definition) is 0. The molecule has 0 aliphatic heterocycles. The van der Waals surface area contributed by atoms with Crippen molar-refractivity contribution < 1.29 is 9.53 Å². The molecule has 4 nitrogen and oxygen atoms in total. The molecule has 1 aromatic heterocycles. The maximum absolute atomic E-state index is 11.3. The molecule has 1 aromatic carbocycles. The summed E-state index contributed by atoms with van der Waals surface area (Å²) in [5.41, 5.74) is 3.38. The summed E-state index contributed by atoms with van der Waals surface area (Å²) in [5, 5.41) is 0. The van der Waals surface area contributed by atoms with Gasteiger partial charge in [-0.05, 0) is 36.3 Å². The molecule has 0 aliphatic carbocycles. The van der Waals surface area contributed by atoms with Crippen LogP contribution in [0.5, 0.6) is 0 Å². The summed E-state index contributed by atoms with van der Waals surface area (Å²) >= 11 is 0. The third-order valence-electron chi connectivity index (χ3n) is 2.68. The molecule has 0 bridgehead atoms.